The Bertz CT molecular complexity index is 333. The zero-order valence-corrected chi connectivity index (χ0v) is 7.05. The van der Waals surface area contributed by atoms with Gasteiger partial charge in [0.25, 0.3) is 0 Å². The maximum absolute atomic E-state index is 9.39. The van der Waals surface area contributed by atoms with Crippen LogP contribution in [0.15, 0.2) is 30.3 Å². The lowest BCUT2D eigenvalue weighted by molar-refractivity contribution is 0.209. The molecule has 1 aromatic carbocycles. The van der Waals surface area contributed by atoms with Crippen LogP contribution in [0.2, 0.25) is 0 Å². The predicted molar refractivity (Wildman–Crippen MR) is 49.9 cm³/mol. The van der Waals surface area contributed by atoms with Crippen molar-refractivity contribution in [2.45, 2.75) is 5.18 Å². The van der Waals surface area contributed by atoms with E-state index >= 15 is 0 Å². The Morgan fingerprint density at radius 2 is 2.08 bits per heavy atom. The topological polar surface area (TPSA) is 32.3 Å². The molecule has 1 aliphatic heterocycles. The van der Waals surface area contributed by atoms with Gasteiger partial charge in [0.15, 0.2) is 0 Å². The van der Waals surface area contributed by atoms with Crippen molar-refractivity contribution in [3.05, 3.63) is 35.9 Å². The molecule has 1 aromatic rings. The summed E-state index contributed by atoms with van der Waals surface area (Å²) in [6, 6.07) is 7.64. The molecule has 1 unspecified atom stereocenters. The van der Waals surface area contributed by atoms with Gasteiger partial charge in [0.05, 0.1) is 0 Å². The normalized spacial score (nSPS) is 26.2. The molecule has 2 rings (SSSR count). The number of para-hydroxylation sites is 1. The maximum atomic E-state index is 9.39. The van der Waals surface area contributed by atoms with Crippen LogP contribution in [0, 0.1) is 0 Å². The lowest BCUT2D eigenvalue weighted by atomic mass is 10.1. The van der Waals surface area contributed by atoms with Gasteiger partial charge >= 0.3 is 0 Å². The molecule has 1 aliphatic rings. The third kappa shape index (κ3) is 1.31. The van der Waals surface area contributed by atoms with Crippen molar-refractivity contribution in [2.75, 3.05) is 5.32 Å². The zero-order chi connectivity index (χ0) is 8.60. The number of anilines is 1. The summed E-state index contributed by atoms with van der Waals surface area (Å²) in [6.45, 7) is 0. The van der Waals surface area contributed by atoms with Gasteiger partial charge in [-0.05, 0) is 17.7 Å². The highest BCUT2D eigenvalue weighted by atomic mass is 35.5. The second-order valence-corrected chi connectivity index (χ2v) is 3.30. The molecule has 0 saturated carbocycles. The fourth-order valence-electron chi connectivity index (χ4n) is 1.19. The van der Waals surface area contributed by atoms with Crippen LogP contribution in [0.1, 0.15) is 5.56 Å². The highest BCUT2D eigenvalue weighted by Gasteiger charge is 2.22. The van der Waals surface area contributed by atoms with E-state index in [9.17, 15) is 5.11 Å². The Morgan fingerprint density at radius 1 is 1.33 bits per heavy atom. The van der Waals surface area contributed by atoms with Crippen molar-refractivity contribution >= 4 is 23.4 Å². The molecule has 1 atom stereocenters. The number of hydrogen-bond donors (Lipinski definition) is 2. The van der Waals surface area contributed by atoms with E-state index in [0.717, 1.165) is 11.3 Å². The van der Waals surface area contributed by atoms with E-state index < -0.39 is 5.18 Å². The standard InChI is InChI=1S/C9H8ClNO/c10-9(12)6-5-7-3-1-2-4-8(7)11-9/h1-6,11-12H. The van der Waals surface area contributed by atoms with Crippen LogP contribution in [-0.4, -0.2) is 10.3 Å². The van der Waals surface area contributed by atoms with Gasteiger partial charge < -0.3 is 10.4 Å². The Kier molecular flexibility index (Phi) is 1.60. The first-order valence-corrected chi connectivity index (χ1v) is 4.03. The van der Waals surface area contributed by atoms with Crippen LogP contribution < -0.4 is 5.32 Å². The quantitative estimate of drug-likeness (QED) is 0.474. The summed E-state index contributed by atoms with van der Waals surface area (Å²) >= 11 is 5.66. The van der Waals surface area contributed by atoms with Crippen LogP contribution in [0.3, 0.4) is 0 Å². The minimum atomic E-state index is -1.44. The number of hydrogen-bond acceptors (Lipinski definition) is 2. The molecule has 0 bridgehead atoms. The van der Waals surface area contributed by atoms with Gasteiger partial charge in [0.2, 0.25) is 5.18 Å². The summed E-state index contributed by atoms with van der Waals surface area (Å²) in [4.78, 5) is 0. The fourth-order valence-corrected chi connectivity index (χ4v) is 1.35. The van der Waals surface area contributed by atoms with E-state index in [1.165, 1.54) is 6.08 Å². The number of rotatable bonds is 0. The molecule has 0 aliphatic carbocycles. The monoisotopic (exact) mass is 181 g/mol. The first-order chi connectivity index (χ1) is 5.67. The molecular weight excluding hydrogens is 174 g/mol. The first-order valence-electron chi connectivity index (χ1n) is 3.65. The van der Waals surface area contributed by atoms with Gasteiger partial charge in [0, 0.05) is 5.69 Å². The first kappa shape index (κ1) is 7.65. The minimum Gasteiger partial charge on any atom is -0.355 e. The molecule has 0 amide bonds. The number of aliphatic hydroxyl groups is 1. The van der Waals surface area contributed by atoms with E-state index in [2.05, 4.69) is 5.32 Å². The summed E-state index contributed by atoms with van der Waals surface area (Å²) in [5.41, 5.74) is 1.88. The lowest BCUT2D eigenvalue weighted by Gasteiger charge is -2.24. The molecule has 2 nitrogen and oxygen atoms in total. The van der Waals surface area contributed by atoms with Crippen molar-refractivity contribution in [2.24, 2.45) is 0 Å². The summed E-state index contributed by atoms with van der Waals surface area (Å²) in [6.07, 6.45) is 3.30. The average Bonchev–Trinajstić information content (AvgIpc) is 2.02. The van der Waals surface area contributed by atoms with Crippen LogP contribution >= 0.6 is 11.6 Å². The van der Waals surface area contributed by atoms with E-state index in [1.807, 2.05) is 24.3 Å². The average molecular weight is 182 g/mol. The Balaban J connectivity index is 2.46. The van der Waals surface area contributed by atoms with Crippen molar-refractivity contribution in [3.63, 3.8) is 0 Å². The smallest absolute Gasteiger partial charge is 0.234 e. The number of benzene rings is 1. The summed E-state index contributed by atoms with van der Waals surface area (Å²) in [5.74, 6) is 0. The maximum Gasteiger partial charge on any atom is 0.234 e. The predicted octanol–water partition coefficient (Wildman–Crippen LogP) is 2.01. The van der Waals surface area contributed by atoms with Gasteiger partial charge in [-0.3, -0.25) is 0 Å². The largest absolute Gasteiger partial charge is 0.355 e. The molecule has 0 spiro atoms. The minimum absolute atomic E-state index is 0.845. The summed E-state index contributed by atoms with van der Waals surface area (Å²) in [7, 11) is 0. The van der Waals surface area contributed by atoms with E-state index in [1.54, 1.807) is 6.08 Å². The Hall–Kier alpha value is -0.990. The number of halogens is 1. The third-order valence-electron chi connectivity index (χ3n) is 1.75. The molecule has 3 heteroatoms. The molecule has 12 heavy (non-hydrogen) atoms. The van der Waals surface area contributed by atoms with Crippen molar-refractivity contribution in [1.82, 2.24) is 0 Å². The Labute approximate surface area is 75.5 Å². The highest BCUT2D eigenvalue weighted by Crippen LogP contribution is 2.28. The number of alkyl halides is 1. The molecule has 0 aromatic heterocycles. The molecule has 0 saturated heterocycles. The second-order valence-electron chi connectivity index (χ2n) is 2.72. The summed E-state index contributed by atoms with van der Waals surface area (Å²) < 4.78 is 0. The molecule has 0 fully saturated rings. The van der Waals surface area contributed by atoms with Crippen LogP contribution in [0.25, 0.3) is 6.08 Å². The zero-order valence-electron chi connectivity index (χ0n) is 6.29. The lowest BCUT2D eigenvalue weighted by Crippen LogP contribution is -2.30. The van der Waals surface area contributed by atoms with E-state index in [-0.39, 0.29) is 0 Å². The van der Waals surface area contributed by atoms with Gasteiger partial charge in [0.1, 0.15) is 0 Å². The van der Waals surface area contributed by atoms with Gasteiger partial charge in [-0.15, -0.1) is 0 Å². The SMILES string of the molecule is OC1(Cl)C=Cc2ccccc2N1. The second kappa shape index (κ2) is 2.51. The number of fused-ring (bicyclic) bond motifs is 1. The van der Waals surface area contributed by atoms with Crippen LogP contribution in [0.4, 0.5) is 5.69 Å². The number of nitrogens with one attached hydrogen (secondary N) is 1. The van der Waals surface area contributed by atoms with E-state index in [0.29, 0.717) is 0 Å². The molecule has 62 valence electrons. The van der Waals surface area contributed by atoms with Gasteiger partial charge in [-0.2, -0.15) is 0 Å². The van der Waals surface area contributed by atoms with Crippen molar-refractivity contribution < 1.29 is 5.11 Å². The summed E-state index contributed by atoms with van der Waals surface area (Å²) in [5, 5.41) is 10.7. The van der Waals surface area contributed by atoms with Crippen LogP contribution in [0.5, 0.6) is 0 Å². The molecular formula is C9H8ClNO. The molecule has 2 N–H and O–H groups in total. The molecule has 0 radical (unpaired) electrons. The third-order valence-corrected chi connectivity index (χ3v) is 1.98. The fraction of sp³-hybridized carbons (Fsp3) is 0.111. The van der Waals surface area contributed by atoms with Gasteiger partial charge in [-0.25, -0.2) is 0 Å². The highest BCUT2D eigenvalue weighted by molar-refractivity contribution is 6.25. The van der Waals surface area contributed by atoms with E-state index in [4.69, 9.17) is 11.6 Å². The van der Waals surface area contributed by atoms with Crippen LogP contribution in [-0.2, 0) is 0 Å². The van der Waals surface area contributed by atoms with Gasteiger partial charge in [-0.1, -0.05) is 35.9 Å². The van der Waals surface area contributed by atoms with Crippen molar-refractivity contribution in [1.29, 1.82) is 0 Å². The van der Waals surface area contributed by atoms with Crippen molar-refractivity contribution in [3.8, 4) is 0 Å². The molecule has 1 heterocycles. The Morgan fingerprint density at radius 3 is 2.92 bits per heavy atom.